The van der Waals surface area contributed by atoms with Gasteiger partial charge >= 0.3 is 0 Å². The van der Waals surface area contributed by atoms with Gasteiger partial charge in [-0.2, -0.15) is 0 Å². The Labute approximate surface area is 268 Å². The molecule has 240 valence electrons. The minimum Gasteiger partial charge on any atom is -0.497 e. The van der Waals surface area contributed by atoms with Crippen LogP contribution >= 0.6 is 0 Å². The number of rotatable bonds is 6. The Bertz CT molecular complexity index is 2010. The van der Waals surface area contributed by atoms with Crippen molar-refractivity contribution in [2.75, 3.05) is 24.9 Å². The molecule has 0 aliphatic heterocycles. The fraction of sp³-hybridized carbons (Fsp3) is 0.111. The van der Waals surface area contributed by atoms with Crippen LogP contribution in [0.1, 0.15) is 32.2 Å². The summed E-state index contributed by atoms with van der Waals surface area (Å²) in [6, 6.07) is 26.8. The van der Waals surface area contributed by atoms with Gasteiger partial charge < -0.3 is 34.4 Å². The fourth-order valence-corrected chi connectivity index (χ4v) is 4.41. The summed E-state index contributed by atoms with van der Waals surface area (Å²) in [4.78, 5) is 48.8. The maximum absolute atomic E-state index is 12.3. The van der Waals surface area contributed by atoms with Crippen molar-refractivity contribution in [3.05, 3.63) is 140 Å². The number of carbonyl (C=O) groups excluding carboxylic acids is 2. The van der Waals surface area contributed by atoms with Gasteiger partial charge in [0.25, 0.3) is 11.8 Å². The van der Waals surface area contributed by atoms with Crippen molar-refractivity contribution in [2.24, 2.45) is 0 Å². The maximum atomic E-state index is 12.3. The van der Waals surface area contributed by atoms with Crippen LogP contribution < -0.4 is 31.0 Å². The van der Waals surface area contributed by atoms with Gasteiger partial charge in [-0.15, -0.1) is 0 Å². The number of methoxy groups -OCH3 is 2. The maximum Gasteiger partial charge on any atom is 0.291 e. The third-order valence-electron chi connectivity index (χ3n) is 6.94. The Kier molecular flexibility index (Phi) is 10.6. The zero-order valence-electron chi connectivity index (χ0n) is 26.0. The lowest BCUT2D eigenvalue weighted by Crippen LogP contribution is -2.15. The van der Waals surface area contributed by atoms with E-state index in [0.29, 0.717) is 44.8 Å². The first-order valence-electron chi connectivity index (χ1n) is 14.1. The predicted molar refractivity (Wildman–Crippen MR) is 180 cm³/mol. The Balaban J connectivity index is 0.000000208. The Morgan fingerprint density at radius 3 is 1.26 bits per heavy atom. The zero-order valence-corrected chi connectivity index (χ0v) is 26.0. The van der Waals surface area contributed by atoms with E-state index < -0.39 is 11.8 Å². The third kappa shape index (κ3) is 8.10. The topological polar surface area (TPSA) is 169 Å². The number of carbonyl (C=O) groups is 2. The van der Waals surface area contributed by atoms with Gasteiger partial charge in [-0.25, -0.2) is 0 Å². The molecule has 6 rings (SSSR count). The van der Waals surface area contributed by atoms with Crippen LogP contribution in [0, 0.1) is 13.8 Å². The highest BCUT2D eigenvalue weighted by molar-refractivity contribution is 6.03. The second kappa shape index (κ2) is 14.7. The number of aryl methyl sites for hydroxylation is 2. The van der Waals surface area contributed by atoms with Crippen molar-refractivity contribution < 1.29 is 33.4 Å². The Morgan fingerprint density at radius 2 is 0.915 bits per heavy atom. The van der Waals surface area contributed by atoms with Gasteiger partial charge in [0.05, 0.1) is 25.0 Å². The van der Waals surface area contributed by atoms with Crippen LogP contribution in [-0.4, -0.2) is 31.5 Å². The highest BCUT2D eigenvalue weighted by Crippen LogP contribution is 2.21. The van der Waals surface area contributed by atoms with Crippen molar-refractivity contribution in [3.8, 4) is 11.5 Å². The van der Waals surface area contributed by atoms with Crippen LogP contribution in [0.2, 0.25) is 0 Å². The lowest BCUT2D eigenvalue weighted by atomic mass is 10.2. The average molecular weight is 637 g/mol. The molecule has 0 aliphatic rings. The van der Waals surface area contributed by atoms with Gasteiger partial charge in [-0.1, -0.05) is 35.4 Å². The second-order valence-corrected chi connectivity index (χ2v) is 10.3. The highest BCUT2D eigenvalue weighted by Gasteiger charge is 2.14. The number of ether oxygens (including phenoxy) is 2. The molecule has 4 N–H and O–H groups in total. The largest absolute Gasteiger partial charge is 0.497 e. The minimum atomic E-state index is -0.476. The van der Waals surface area contributed by atoms with Gasteiger partial charge in [0, 0.05) is 35.6 Å². The van der Waals surface area contributed by atoms with E-state index in [1.807, 2.05) is 38.1 Å². The first-order chi connectivity index (χ1) is 22.1. The van der Waals surface area contributed by atoms with Gasteiger partial charge in [-0.3, -0.25) is 19.2 Å². The quantitative estimate of drug-likeness (QED) is 0.228. The van der Waals surface area contributed by atoms with E-state index in [9.17, 15) is 19.2 Å². The molecule has 0 saturated carbocycles. The SMILES string of the molecule is COc1ccc2c(=O)cc(C(=O)Nc3ccc(C)cc3)oc2c1.COc1ccc2c(=O)cc(C(=O)Nc3ccc(C)cc3)oc2c1.O. The number of amides is 2. The summed E-state index contributed by atoms with van der Waals surface area (Å²) in [6.45, 7) is 3.92. The van der Waals surface area contributed by atoms with Gasteiger partial charge in [0.1, 0.15) is 22.7 Å². The van der Waals surface area contributed by atoms with Gasteiger partial charge in [-0.05, 0) is 62.4 Å². The first-order valence-corrected chi connectivity index (χ1v) is 14.1. The van der Waals surface area contributed by atoms with Crippen molar-refractivity contribution >= 4 is 45.1 Å². The van der Waals surface area contributed by atoms with Gasteiger partial charge in [0.15, 0.2) is 22.4 Å². The minimum absolute atomic E-state index is 0. The number of anilines is 2. The molecule has 2 heterocycles. The normalized spacial score (nSPS) is 10.3. The zero-order chi connectivity index (χ0) is 32.8. The molecule has 0 aliphatic carbocycles. The second-order valence-electron chi connectivity index (χ2n) is 10.3. The van der Waals surface area contributed by atoms with E-state index in [4.69, 9.17) is 18.3 Å². The van der Waals surface area contributed by atoms with E-state index in [1.165, 1.54) is 26.4 Å². The summed E-state index contributed by atoms with van der Waals surface area (Å²) in [6.07, 6.45) is 0. The number of hydrogen-bond donors (Lipinski definition) is 2. The van der Waals surface area contributed by atoms with Gasteiger partial charge in [0.2, 0.25) is 0 Å². The molecule has 11 nitrogen and oxygen atoms in total. The van der Waals surface area contributed by atoms with E-state index in [0.717, 1.165) is 11.1 Å². The monoisotopic (exact) mass is 636 g/mol. The molecule has 0 bridgehead atoms. The summed E-state index contributed by atoms with van der Waals surface area (Å²) >= 11 is 0. The molecule has 11 heteroatoms. The number of nitrogens with one attached hydrogen (secondary N) is 2. The molecule has 6 aromatic rings. The molecular formula is C36H32N2O9. The molecule has 0 radical (unpaired) electrons. The molecule has 4 aromatic carbocycles. The smallest absolute Gasteiger partial charge is 0.291 e. The molecular weight excluding hydrogens is 604 g/mol. The Morgan fingerprint density at radius 1 is 0.553 bits per heavy atom. The van der Waals surface area contributed by atoms with Crippen molar-refractivity contribution in [1.82, 2.24) is 0 Å². The lowest BCUT2D eigenvalue weighted by Gasteiger charge is -2.06. The molecule has 47 heavy (non-hydrogen) atoms. The van der Waals surface area contributed by atoms with Crippen LogP contribution in [0.3, 0.4) is 0 Å². The van der Waals surface area contributed by atoms with Crippen LogP contribution in [0.25, 0.3) is 21.9 Å². The first kappa shape index (κ1) is 33.7. The summed E-state index contributed by atoms with van der Waals surface area (Å²) in [7, 11) is 3.04. The van der Waals surface area contributed by atoms with Crippen molar-refractivity contribution in [2.45, 2.75) is 13.8 Å². The third-order valence-corrected chi connectivity index (χ3v) is 6.94. The van der Waals surface area contributed by atoms with E-state index in [-0.39, 0.29) is 27.9 Å². The Hall–Kier alpha value is -6.20. The molecule has 2 amide bonds. The predicted octanol–water partition coefficient (Wildman–Crippen LogP) is 5.90. The van der Waals surface area contributed by atoms with E-state index in [2.05, 4.69) is 10.6 Å². The molecule has 0 saturated heterocycles. The standard InChI is InChI=1S/2C18H15NO4.H2O/c2*1-11-3-5-12(6-4-11)19-18(21)17-10-15(20)14-8-7-13(22-2)9-16(14)23-17;/h2*3-10H,1-2H3,(H,19,21);1H2. The molecule has 2 aromatic heterocycles. The summed E-state index contributed by atoms with van der Waals surface area (Å²) in [5.41, 5.74) is 3.52. The molecule has 0 spiro atoms. The van der Waals surface area contributed by atoms with Crippen LogP contribution in [0.4, 0.5) is 11.4 Å². The van der Waals surface area contributed by atoms with Crippen LogP contribution in [0.15, 0.2) is 115 Å². The van der Waals surface area contributed by atoms with E-state index >= 15 is 0 Å². The highest BCUT2D eigenvalue weighted by atomic mass is 16.5. The summed E-state index contributed by atoms with van der Waals surface area (Å²) in [5.74, 6) is 0.0625. The fourth-order valence-electron chi connectivity index (χ4n) is 4.41. The van der Waals surface area contributed by atoms with Crippen LogP contribution in [0.5, 0.6) is 11.5 Å². The summed E-state index contributed by atoms with van der Waals surface area (Å²) in [5, 5.41) is 6.21. The van der Waals surface area contributed by atoms with Crippen LogP contribution in [-0.2, 0) is 0 Å². The number of fused-ring (bicyclic) bond motifs is 2. The summed E-state index contributed by atoms with van der Waals surface area (Å²) < 4.78 is 21.3. The van der Waals surface area contributed by atoms with Crippen molar-refractivity contribution in [3.63, 3.8) is 0 Å². The van der Waals surface area contributed by atoms with E-state index in [1.54, 1.807) is 60.7 Å². The van der Waals surface area contributed by atoms with Crippen molar-refractivity contribution in [1.29, 1.82) is 0 Å². The molecule has 0 unspecified atom stereocenters. The lowest BCUT2D eigenvalue weighted by molar-refractivity contribution is 0.0990. The number of hydrogen-bond acceptors (Lipinski definition) is 8. The molecule has 0 atom stereocenters. The molecule has 0 fully saturated rings. The average Bonchev–Trinajstić information content (AvgIpc) is 3.06. The number of benzene rings is 4.